The van der Waals surface area contributed by atoms with E-state index < -0.39 is 26.5 Å². The topological polar surface area (TPSA) is 108 Å². The largest absolute Gasteiger partial charge is 0.472 e. The summed E-state index contributed by atoms with van der Waals surface area (Å²) in [7, 11) is -3.21. The normalized spacial score (nSPS) is 14.0. The highest BCUT2D eigenvalue weighted by Crippen LogP contribution is 2.42. The third-order valence-electron chi connectivity index (χ3n) is 8.03. The van der Waals surface area contributed by atoms with Crippen molar-refractivity contribution < 1.29 is 37.6 Å². The first-order chi connectivity index (χ1) is 23.8. The molecular formula is C40H71O8P. The van der Waals surface area contributed by atoms with E-state index in [9.17, 15) is 19.0 Å². The molecule has 0 rings (SSSR count). The number of rotatable bonds is 35. The van der Waals surface area contributed by atoms with Gasteiger partial charge < -0.3 is 14.4 Å². The number of phosphoric acid groups is 1. The van der Waals surface area contributed by atoms with Gasteiger partial charge in [-0.1, -0.05) is 133 Å². The number of phosphoric ester groups is 1. The van der Waals surface area contributed by atoms with Gasteiger partial charge in [-0.2, -0.15) is 0 Å². The highest BCUT2D eigenvalue weighted by molar-refractivity contribution is 7.47. The number of hydrogen-bond donors (Lipinski definition) is 1. The van der Waals surface area contributed by atoms with Gasteiger partial charge in [0.05, 0.1) is 6.61 Å². The molecule has 0 radical (unpaired) electrons. The second kappa shape index (κ2) is 35.8. The van der Waals surface area contributed by atoms with E-state index in [0.29, 0.717) is 6.42 Å². The minimum atomic E-state index is -4.26. The number of hydrogen-bond acceptors (Lipinski definition) is 7. The molecule has 0 saturated carbocycles. The number of unbranched alkanes of at least 4 members (excludes halogenated alkanes) is 16. The Balaban J connectivity index is 4.08. The van der Waals surface area contributed by atoms with Gasteiger partial charge in [0.15, 0.2) is 6.10 Å². The number of allylic oxidation sites excluding steroid dienone is 8. The molecule has 2 atom stereocenters. The Labute approximate surface area is 299 Å². The lowest BCUT2D eigenvalue weighted by molar-refractivity contribution is -0.161. The highest BCUT2D eigenvalue weighted by Gasteiger charge is 2.24. The molecular weight excluding hydrogens is 639 g/mol. The molecule has 0 aromatic rings. The van der Waals surface area contributed by atoms with Gasteiger partial charge in [-0.25, -0.2) is 4.57 Å². The maximum absolute atomic E-state index is 12.5. The molecule has 0 aliphatic carbocycles. The van der Waals surface area contributed by atoms with Gasteiger partial charge >= 0.3 is 19.8 Å². The van der Waals surface area contributed by atoms with Crippen LogP contribution in [0, 0.1) is 0 Å². The Morgan fingerprint density at radius 2 is 1.02 bits per heavy atom. The van der Waals surface area contributed by atoms with Gasteiger partial charge in [0.25, 0.3) is 0 Å². The van der Waals surface area contributed by atoms with E-state index in [2.05, 4.69) is 67.0 Å². The van der Waals surface area contributed by atoms with Crippen LogP contribution in [0.5, 0.6) is 0 Å². The van der Waals surface area contributed by atoms with E-state index in [-0.39, 0.29) is 25.4 Å². The van der Waals surface area contributed by atoms with Crippen LogP contribution in [0.3, 0.4) is 0 Å². The summed E-state index contributed by atoms with van der Waals surface area (Å²) in [6.07, 6.45) is 41.5. The summed E-state index contributed by atoms with van der Waals surface area (Å²) in [6, 6.07) is 0. The zero-order chi connectivity index (χ0) is 36.1. The van der Waals surface area contributed by atoms with E-state index in [1.165, 1.54) is 51.4 Å². The van der Waals surface area contributed by atoms with Gasteiger partial charge in [-0.05, 0) is 70.6 Å². The van der Waals surface area contributed by atoms with Crippen LogP contribution in [0.15, 0.2) is 48.6 Å². The molecule has 0 amide bonds. The fraction of sp³-hybridized carbons (Fsp3) is 0.750. The second-order valence-electron chi connectivity index (χ2n) is 12.7. The van der Waals surface area contributed by atoms with Crippen molar-refractivity contribution in [1.82, 2.24) is 0 Å². The molecule has 0 spiro atoms. The maximum atomic E-state index is 12.5. The summed E-state index contributed by atoms with van der Waals surface area (Å²) in [5, 5.41) is 0. The Morgan fingerprint density at radius 3 is 1.51 bits per heavy atom. The molecule has 1 N–H and O–H groups in total. The maximum Gasteiger partial charge on any atom is 0.472 e. The fourth-order valence-corrected chi connectivity index (χ4v) is 5.48. The van der Waals surface area contributed by atoms with Gasteiger partial charge in [0, 0.05) is 20.0 Å². The molecule has 0 heterocycles. The smallest absolute Gasteiger partial charge is 0.462 e. The predicted octanol–water partition coefficient (Wildman–Crippen LogP) is 11.8. The Bertz CT molecular complexity index is 943. The average molecular weight is 711 g/mol. The minimum absolute atomic E-state index is 0.231. The van der Waals surface area contributed by atoms with Gasteiger partial charge in [-0.15, -0.1) is 0 Å². The standard InChI is InChI=1S/C40H71O8P/c1-4-6-8-10-12-14-16-18-19-20-21-23-25-27-29-31-33-35-40(42)48-38(37-47-49(43,44)45-3)36-46-39(41)34-32-30-28-26-24-22-17-15-13-11-9-7-5-2/h9,11-12,14-15,17-19,38H,4-8,10,13,16,20-37H2,1-3H3,(H,43,44)/b11-9-,14-12-,17-15-,19-18-. The molecule has 8 nitrogen and oxygen atoms in total. The minimum Gasteiger partial charge on any atom is -0.462 e. The monoisotopic (exact) mass is 710 g/mol. The molecule has 0 aliphatic rings. The lowest BCUT2D eigenvalue weighted by atomic mass is 10.1. The predicted molar refractivity (Wildman–Crippen MR) is 202 cm³/mol. The summed E-state index contributed by atoms with van der Waals surface area (Å²) >= 11 is 0. The molecule has 2 unspecified atom stereocenters. The first-order valence-corrected chi connectivity index (χ1v) is 20.8. The first kappa shape index (κ1) is 47.0. The van der Waals surface area contributed by atoms with Crippen molar-refractivity contribution in [3.8, 4) is 0 Å². The van der Waals surface area contributed by atoms with Crippen molar-refractivity contribution in [3.63, 3.8) is 0 Å². The van der Waals surface area contributed by atoms with Crippen LogP contribution in [0.2, 0.25) is 0 Å². The second-order valence-corrected chi connectivity index (χ2v) is 14.3. The lowest BCUT2D eigenvalue weighted by Gasteiger charge is -2.19. The SMILES string of the molecule is CCC/C=C\C/C=C\CCCCCCCC(=O)OCC(COP(=O)(O)OC)OC(=O)CCCCCCCCC/C=C\C/C=C\CCCCC. The van der Waals surface area contributed by atoms with Crippen LogP contribution in [-0.4, -0.2) is 43.3 Å². The quantitative estimate of drug-likeness (QED) is 0.0300. The van der Waals surface area contributed by atoms with Gasteiger partial charge in [0.1, 0.15) is 6.61 Å². The number of esters is 2. The summed E-state index contributed by atoms with van der Waals surface area (Å²) in [5.41, 5.74) is 0. The van der Waals surface area contributed by atoms with Gasteiger partial charge in [-0.3, -0.25) is 18.6 Å². The third kappa shape index (κ3) is 35.6. The summed E-state index contributed by atoms with van der Waals surface area (Å²) < 4.78 is 31.9. The van der Waals surface area contributed by atoms with Crippen molar-refractivity contribution in [1.29, 1.82) is 0 Å². The van der Waals surface area contributed by atoms with Crippen molar-refractivity contribution >= 4 is 19.8 Å². The van der Waals surface area contributed by atoms with E-state index >= 15 is 0 Å². The third-order valence-corrected chi connectivity index (χ3v) is 8.96. The average Bonchev–Trinajstić information content (AvgIpc) is 3.09. The summed E-state index contributed by atoms with van der Waals surface area (Å²) in [6.45, 7) is 3.76. The van der Waals surface area contributed by atoms with E-state index in [4.69, 9.17) is 14.0 Å². The van der Waals surface area contributed by atoms with Crippen molar-refractivity contribution in [2.75, 3.05) is 20.3 Å². The Morgan fingerprint density at radius 1 is 0.571 bits per heavy atom. The van der Waals surface area contributed by atoms with Crippen molar-refractivity contribution in [2.45, 2.75) is 174 Å². The molecule has 0 saturated heterocycles. The van der Waals surface area contributed by atoms with Crippen LogP contribution in [-0.2, 0) is 32.7 Å². The summed E-state index contributed by atoms with van der Waals surface area (Å²) in [5.74, 6) is -0.833. The van der Waals surface area contributed by atoms with Gasteiger partial charge in [0.2, 0.25) is 0 Å². The van der Waals surface area contributed by atoms with Crippen LogP contribution < -0.4 is 0 Å². The molecule has 0 aromatic carbocycles. The van der Waals surface area contributed by atoms with E-state index in [1.54, 1.807) is 0 Å². The van der Waals surface area contributed by atoms with Crippen LogP contribution in [0.25, 0.3) is 0 Å². The lowest BCUT2D eigenvalue weighted by Crippen LogP contribution is -2.29. The number of ether oxygens (including phenoxy) is 2. The van der Waals surface area contributed by atoms with E-state index in [0.717, 1.165) is 90.6 Å². The van der Waals surface area contributed by atoms with Crippen molar-refractivity contribution in [3.05, 3.63) is 48.6 Å². The summed E-state index contributed by atoms with van der Waals surface area (Å²) in [4.78, 5) is 34.3. The molecule has 284 valence electrons. The molecule has 49 heavy (non-hydrogen) atoms. The van der Waals surface area contributed by atoms with Crippen molar-refractivity contribution in [2.24, 2.45) is 0 Å². The first-order valence-electron chi connectivity index (χ1n) is 19.3. The van der Waals surface area contributed by atoms with Crippen LogP contribution >= 0.6 is 7.82 Å². The Hall–Kier alpha value is -1.99. The Kier molecular flexibility index (Phi) is 34.4. The van der Waals surface area contributed by atoms with Crippen LogP contribution in [0.4, 0.5) is 0 Å². The van der Waals surface area contributed by atoms with Crippen LogP contribution in [0.1, 0.15) is 168 Å². The number of carbonyl (C=O) groups is 2. The molecule has 0 aromatic heterocycles. The zero-order valence-electron chi connectivity index (χ0n) is 31.3. The zero-order valence-corrected chi connectivity index (χ0v) is 32.2. The fourth-order valence-electron chi connectivity index (χ4n) is 5.02. The van der Waals surface area contributed by atoms with E-state index in [1.807, 2.05) is 0 Å². The molecule has 0 fully saturated rings. The molecule has 0 aliphatic heterocycles. The highest BCUT2D eigenvalue weighted by atomic mass is 31.2. The molecule has 0 bridgehead atoms. The number of carbonyl (C=O) groups excluding carboxylic acids is 2. The molecule has 9 heteroatoms.